The van der Waals surface area contributed by atoms with E-state index in [0.717, 1.165) is 12.1 Å². The fraction of sp³-hybridized carbons (Fsp3) is 0.273. The molecule has 0 aromatic heterocycles. The van der Waals surface area contributed by atoms with Crippen LogP contribution in [0.4, 0.5) is 0 Å². The number of ether oxygens (including phenoxy) is 1. The number of hydrazone groups is 1. The van der Waals surface area contributed by atoms with E-state index in [9.17, 15) is 0 Å². The highest BCUT2D eigenvalue weighted by molar-refractivity contribution is 7.80. The maximum Gasteiger partial charge on any atom is 0.186 e. The van der Waals surface area contributed by atoms with Crippen LogP contribution >= 0.6 is 23.8 Å². The molecule has 0 saturated carbocycles. The fourth-order valence-corrected chi connectivity index (χ4v) is 1.54. The van der Waals surface area contributed by atoms with Gasteiger partial charge in [0.2, 0.25) is 0 Å². The second-order valence-electron chi connectivity index (χ2n) is 3.12. The highest BCUT2D eigenvalue weighted by Crippen LogP contribution is 2.20. The summed E-state index contributed by atoms with van der Waals surface area (Å²) >= 11 is 10.9. The third-order valence-electron chi connectivity index (χ3n) is 1.90. The summed E-state index contributed by atoms with van der Waals surface area (Å²) in [6.07, 6.45) is 1.61. The predicted octanol–water partition coefficient (Wildman–Crippen LogP) is 2.17. The Balaban J connectivity index is 2.70. The van der Waals surface area contributed by atoms with Gasteiger partial charge >= 0.3 is 0 Å². The van der Waals surface area contributed by atoms with E-state index in [1.54, 1.807) is 31.5 Å². The van der Waals surface area contributed by atoms with Crippen molar-refractivity contribution in [2.75, 3.05) is 13.7 Å². The van der Waals surface area contributed by atoms with E-state index < -0.39 is 0 Å². The number of benzene rings is 1. The van der Waals surface area contributed by atoms with Gasteiger partial charge in [-0.3, -0.25) is 5.43 Å². The number of hydrogen-bond acceptors (Lipinski definition) is 3. The highest BCUT2D eigenvalue weighted by Gasteiger charge is 2.00. The lowest BCUT2D eigenvalue weighted by molar-refractivity contribution is 0.414. The summed E-state index contributed by atoms with van der Waals surface area (Å²) in [4.78, 5) is 0. The summed E-state index contributed by atoms with van der Waals surface area (Å²) in [5, 5.41) is 8.02. The number of rotatable bonds is 4. The van der Waals surface area contributed by atoms with Crippen molar-refractivity contribution in [3.05, 3.63) is 28.8 Å². The van der Waals surface area contributed by atoms with Crippen molar-refractivity contribution in [1.82, 2.24) is 10.7 Å². The molecule has 0 saturated heterocycles. The normalized spacial score (nSPS) is 10.3. The van der Waals surface area contributed by atoms with Gasteiger partial charge in [-0.2, -0.15) is 5.10 Å². The van der Waals surface area contributed by atoms with Gasteiger partial charge in [-0.15, -0.1) is 0 Å². The minimum absolute atomic E-state index is 0.477. The van der Waals surface area contributed by atoms with Gasteiger partial charge in [-0.25, -0.2) is 0 Å². The summed E-state index contributed by atoms with van der Waals surface area (Å²) in [5.41, 5.74) is 3.48. The first-order chi connectivity index (χ1) is 8.17. The van der Waals surface area contributed by atoms with E-state index in [-0.39, 0.29) is 0 Å². The van der Waals surface area contributed by atoms with Crippen LogP contribution in [0.3, 0.4) is 0 Å². The Kier molecular flexibility index (Phi) is 5.72. The first kappa shape index (κ1) is 13.7. The van der Waals surface area contributed by atoms with Crippen LogP contribution in [0.1, 0.15) is 12.5 Å². The molecule has 0 unspecified atom stereocenters. The van der Waals surface area contributed by atoms with Gasteiger partial charge < -0.3 is 10.1 Å². The monoisotopic (exact) mass is 271 g/mol. The molecule has 0 aliphatic rings. The molecule has 1 aromatic rings. The lowest BCUT2D eigenvalue weighted by atomic mass is 10.2. The average molecular weight is 272 g/mol. The second-order valence-corrected chi connectivity index (χ2v) is 3.96. The highest BCUT2D eigenvalue weighted by atomic mass is 35.5. The standard InChI is InChI=1S/C11H14ClN3OS/c1-3-13-11(17)15-14-7-8-6-9(12)4-5-10(8)16-2/h4-7H,3H2,1-2H3,(H2,13,15,17). The molecule has 0 aliphatic carbocycles. The number of nitrogens with one attached hydrogen (secondary N) is 2. The van der Waals surface area contributed by atoms with Crippen LogP contribution in [0.25, 0.3) is 0 Å². The number of nitrogens with zero attached hydrogens (tertiary/aromatic N) is 1. The van der Waals surface area contributed by atoms with Gasteiger partial charge in [0.1, 0.15) is 5.75 Å². The van der Waals surface area contributed by atoms with Gasteiger partial charge in [-0.1, -0.05) is 11.6 Å². The number of methoxy groups -OCH3 is 1. The zero-order valence-electron chi connectivity index (χ0n) is 9.66. The van der Waals surface area contributed by atoms with Crippen molar-refractivity contribution >= 4 is 35.1 Å². The number of halogens is 1. The van der Waals surface area contributed by atoms with Crippen molar-refractivity contribution < 1.29 is 4.74 Å². The third-order valence-corrected chi connectivity index (χ3v) is 2.37. The molecule has 0 spiro atoms. The molecule has 92 valence electrons. The van der Waals surface area contributed by atoms with E-state index in [4.69, 9.17) is 28.6 Å². The van der Waals surface area contributed by atoms with Gasteiger partial charge in [0.15, 0.2) is 5.11 Å². The Labute approximate surface area is 111 Å². The van der Waals surface area contributed by atoms with E-state index in [1.165, 1.54) is 0 Å². The molecule has 17 heavy (non-hydrogen) atoms. The molecular weight excluding hydrogens is 258 g/mol. The molecule has 0 atom stereocenters. The van der Waals surface area contributed by atoms with E-state index in [0.29, 0.717) is 15.9 Å². The van der Waals surface area contributed by atoms with Crippen LogP contribution in [-0.2, 0) is 0 Å². The topological polar surface area (TPSA) is 45.7 Å². The van der Waals surface area contributed by atoms with Crippen molar-refractivity contribution in [2.45, 2.75) is 6.92 Å². The summed E-state index contributed by atoms with van der Waals surface area (Å²) < 4.78 is 5.18. The van der Waals surface area contributed by atoms with Crippen LogP contribution in [-0.4, -0.2) is 25.0 Å². The van der Waals surface area contributed by atoms with Crippen LogP contribution in [0.5, 0.6) is 5.75 Å². The molecule has 0 fully saturated rings. The Morgan fingerprint density at radius 3 is 3.00 bits per heavy atom. The van der Waals surface area contributed by atoms with Gasteiger partial charge in [-0.05, 0) is 37.3 Å². The van der Waals surface area contributed by atoms with Crippen LogP contribution in [0.15, 0.2) is 23.3 Å². The minimum atomic E-state index is 0.477. The summed E-state index contributed by atoms with van der Waals surface area (Å²) in [6.45, 7) is 2.71. The summed E-state index contributed by atoms with van der Waals surface area (Å²) in [5.74, 6) is 0.703. The Morgan fingerprint density at radius 2 is 2.35 bits per heavy atom. The first-order valence-electron chi connectivity index (χ1n) is 5.07. The van der Waals surface area contributed by atoms with Crippen molar-refractivity contribution in [2.24, 2.45) is 5.10 Å². The summed E-state index contributed by atoms with van der Waals surface area (Å²) in [7, 11) is 1.59. The van der Waals surface area contributed by atoms with Crippen LogP contribution in [0.2, 0.25) is 5.02 Å². The number of hydrogen-bond donors (Lipinski definition) is 2. The molecular formula is C11H14ClN3OS. The van der Waals surface area contributed by atoms with Crippen molar-refractivity contribution in [3.63, 3.8) is 0 Å². The van der Waals surface area contributed by atoms with E-state index in [2.05, 4.69) is 15.8 Å². The van der Waals surface area contributed by atoms with Gasteiger partial charge in [0, 0.05) is 17.1 Å². The predicted molar refractivity (Wildman–Crippen MR) is 75.0 cm³/mol. The molecule has 6 heteroatoms. The number of thiocarbonyl (C=S) groups is 1. The fourth-order valence-electron chi connectivity index (χ4n) is 1.17. The molecule has 0 bridgehead atoms. The van der Waals surface area contributed by atoms with Gasteiger partial charge in [0.05, 0.1) is 13.3 Å². The maximum absolute atomic E-state index is 5.89. The molecule has 4 nitrogen and oxygen atoms in total. The largest absolute Gasteiger partial charge is 0.496 e. The molecule has 2 N–H and O–H groups in total. The molecule has 0 amide bonds. The van der Waals surface area contributed by atoms with Crippen molar-refractivity contribution in [1.29, 1.82) is 0 Å². The first-order valence-corrected chi connectivity index (χ1v) is 5.86. The van der Waals surface area contributed by atoms with E-state index in [1.807, 2.05) is 6.92 Å². The van der Waals surface area contributed by atoms with Gasteiger partial charge in [0.25, 0.3) is 0 Å². The van der Waals surface area contributed by atoms with E-state index >= 15 is 0 Å². The lowest BCUT2D eigenvalue weighted by Gasteiger charge is -2.05. The zero-order chi connectivity index (χ0) is 12.7. The zero-order valence-corrected chi connectivity index (χ0v) is 11.2. The SMILES string of the molecule is CCNC(=S)NN=Cc1cc(Cl)ccc1OC. The molecule has 0 aliphatic heterocycles. The molecule has 0 heterocycles. The maximum atomic E-state index is 5.89. The Bertz CT molecular complexity index is 423. The average Bonchev–Trinajstić information content (AvgIpc) is 2.30. The summed E-state index contributed by atoms with van der Waals surface area (Å²) in [6, 6.07) is 5.31. The molecule has 0 radical (unpaired) electrons. The van der Waals surface area contributed by atoms with Crippen molar-refractivity contribution in [3.8, 4) is 5.75 Å². The molecule has 1 aromatic carbocycles. The van der Waals surface area contributed by atoms with Crippen LogP contribution < -0.4 is 15.5 Å². The smallest absolute Gasteiger partial charge is 0.186 e. The second kappa shape index (κ2) is 7.09. The third kappa shape index (κ3) is 4.58. The Morgan fingerprint density at radius 1 is 1.59 bits per heavy atom. The minimum Gasteiger partial charge on any atom is -0.496 e. The lowest BCUT2D eigenvalue weighted by Crippen LogP contribution is -2.31. The quantitative estimate of drug-likeness (QED) is 0.501. The van der Waals surface area contributed by atoms with Crippen LogP contribution in [0, 0.1) is 0 Å². The molecule has 1 rings (SSSR count). The Hall–Kier alpha value is -1.33.